The molecule has 2 nitrogen and oxygen atoms in total. The molecule has 1 heterocycles. The Morgan fingerprint density at radius 2 is 2.17 bits per heavy atom. The molecule has 2 atom stereocenters. The van der Waals surface area contributed by atoms with Gasteiger partial charge in [-0.15, -0.1) is 0 Å². The van der Waals surface area contributed by atoms with Crippen molar-refractivity contribution in [1.29, 1.82) is 0 Å². The third-order valence-corrected chi connectivity index (χ3v) is 2.91. The van der Waals surface area contributed by atoms with Crippen LogP contribution in [0, 0.1) is 11.8 Å². The van der Waals surface area contributed by atoms with Crippen molar-refractivity contribution < 1.29 is 4.74 Å². The lowest BCUT2D eigenvalue weighted by molar-refractivity contribution is 0.112. The van der Waals surface area contributed by atoms with Gasteiger partial charge in [0.25, 0.3) is 0 Å². The molecular formula is C10H21NO. The molecule has 0 aromatic carbocycles. The second-order valence-corrected chi connectivity index (χ2v) is 4.22. The Labute approximate surface area is 75.9 Å². The van der Waals surface area contributed by atoms with Crippen molar-refractivity contribution in [1.82, 2.24) is 4.90 Å². The summed E-state index contributed by atoms with van der Waals surface area (Å²) in [6, 6.07) is 0.727. The van der Waals surface area contributed by atoms with Gasteiger partial charge in [0.2, 0.25) is 0 Å². The summed E-state index contributed by atoms with van der Waals surface area (Å²) < 4.78 is 5.23. The van der Waals surface area contributed by atoms with E-state index < -0.39 is 0 Å². The van der Waals surface area contributed by atoms with Crippen LogP contribution in [0.5, 0.6) is 0 Å². The van der Waals surface area contributed by atoms with Gasteiger partial charge in [-0.2, -0.15) is 0 Å². The average molecular weight is 171 g/mol. The highest BCUT2D eigenvalue weighted by atomic mass is 16.5. The molecule has 12 heavy (non-hydrogen) atoms. The summed E-state index contributed by atoms with van der Waals surface area (Å²) in [5.41, 5.74) is 0. The Hall–Kier alpha value is -0.0800. The molecule has 1 saturated heterocycles. The maximum Gasteiger partial charge on any atom is 0.0506 e. The van der Waals surface area contributed by atoms with E-state index in [1.165, 1.54) is 13.0 Å². The fourth-order valence-corrected chi connectivity index (χ4v) is 2.50. The van der Waals surface area contributed by atoms with E-state index in [0.29, 0.717) is 0 Å². The number of nitrogens with zero attached hydrogens (tertiary/aromatic N) is 1. The molecule has 0 bridgehead atoms. The van der Waals surface area contributed by atoms with Gasteiger partial charge in [-0.25, -0.2) is 0 Å². The van der Waals surface area contributed by atoms with E-state index in [-0.39, 0.29) is 0 Å². The number of rotatable bonds is 3. The van der Waals surface area contributed by atoms with Crippen LogP contribution in [0.25, 0.3) is 0 Å². The minimum absolute atomic E-state index is 0.727. The molecule has 0 saturated carbocycles. The standard InChI is InChI=1S/C10H21NO/c1-8(2)10-9(7-12-4)5-6-11(10)3/h8-10H,5-7H2,1-4H3. The molecule has 2 heteroatoms. The first-order valence-electron chi connectivity index (χ1n) is 4.86. The maximum atomic E-state index is 5.23. The Morgan fingerprint density at radius 3 is 2.67 bits per heavy atom. The normalized spacial score (nSPS) is 31.8. The van der Waals surface area contributed by atoms with Gasteiger partial charge in [0.05, 0.1) is 6.61 Å². The van der Waals surface area contributed by atoms with Crippen LogP contribution in [-0.4, -0.2) is 38.3 Å². The van der Waals surface area contributed by atoms with Crippen molar-refractivity contribution in [2.24, 2.45) is 11.8 Å². The zero-order valence-electron chi connectivity index (χ0n) is 8.71. The zero-order chi connectivity index (χ0) is 9.14. The van der Waals surface area contributed by atoms with Gasteiger partial charge in [0, 0.05) is 13.2 Å². The highest BCUT2D eigenvalue weighted by molar-refractivity contribution is 4.86. The number of hydrogen-bond acceptors (Lipinski definition) is 2. The average Bonchev–Trinajstić information content (AvgIpc) is 2.32. The van der Waals surface area contributed by atoms with E-state index in [4.69, 9.17) is 4.74 Å². The summed E-state index contributed by atoms with van der Waals surface area (Å²) in [5, 5.41) is 0. The summed E-state index contributed by atoms with van der Waals surface area (Å²) in [7, 11) is 4.02. The third kappa shape index (κ3) is 1.99. The number of hydrogen-bond donors (Lipinski definition) is 0. The molecule has 0 radical (unpaired) electrons. The molecule has 1 rings (SSSR count). The molecule has 0 aliphatic carbocycles. The molecule has 0 N–H and O–H groups in total. The van der Waals surface area contributed by atoms with Gasteiger partial charge < -0.3 is 9.64 Å². The van der Waals surface area contributed by atoms with Gasteiger partial charge in [-0.1, -0.05) is 13.8 Å². The lowest BCUT2D eigenvalue weighted by Crippen LogP contribution is -2.35. The third-order valence-electron chi connectivity index (χ3n) is 2.91. The van der Waals surface area contributed by atoms with Crippen LogP contribution in [0.1, 0.15) is 20.3 Å². The number of likely N-dealkylation sites (tertiary alicyclic amines) is 1. The van der Waals surface area contributed by atoms with E-state index in [2.05, 4.69) is 25.8 Å². The summed E-state index contributed by atoms with van der Waals surface area (Å²) in [4.78, 5) is 2.47. The van der Waals surface area contributed by atoms with E-state index in [0.717, 1.165) is 24.5 Å². The van der Waals surface area contributed by atoms with Gasteiger partial charge in [0.15, 0.2) is 0 Å². The summed E-state index contributed by atoms with van der Waals surface area (Å²) >= 11 is 0. The van der Waals surface area contributed by atoms with Gasteiger partial charge >= 0.3 is 0 Å². The second-order valence-electron chi connectivity index (χ2n) is 4.22. The molecule has 0 aromatic heterocycles. The maximum absolute atomic E-state index is 5.23. The van der Waals surface area contributed by atoms with Crippen LogP contribution in [0.3, 0.4) is 0 Å². The van der Waals surface area contributed by atoms with Crippen molar-refractivity contribution in [2.75, 3.05) is 27.3 Å². The molecule has 1 aliphatic rings. The Balaban J connectivity index is 2.51. The van der Waals surface area contributed by atoms with Crippen LogP contribution in [0.2, 0.25) is 0 Å². The van der Waals surface area contributed by atoms with Crippen LogP contribution >= 0.6 is 0 Å². The summed E-state index contributed by atoms with van der Waals surface area (Å²) in [6.45, 7) is 6.76. The fourth-order valence-electron chi connectivity index (χ4n) is 2.50. The SMILES string of the molecule is COCC1CCN(C)C1C(C)C. The molecule has 1 aliphatic heterocycles. The molecule has 72 valence electrons. The fraction of sp³-hybridized carbons (Fsp3) is 1.00. The lowest BCUT2D eigenvalue weighted by Gasteiger charge is -2.28. The van der Waals surface area contributed by atoms with Gasteiger partial charge in [-0.3, -0.25) is 0 Å². The van der Waals surface area contributed by atoms with Crippen molar-refractivity contribution in [3.8, 4) is 0 Å². The van der Waals surface area contributed by atoms with Crippen LogP contribution in [-0.2, 0) is 4.74 Å². The van der Waals surface area contributed by atoms with E-state index in [1.807, 2.05) is 0 Å². The van der Waals surface area contributed by atoms with Crippen molar-refractivity contribution in [3.05, 3.63) is 0 Å². The van der Waals surface area contributed by atoms with Crippen molar-refractivity contribution in [3.63, 3.8) is 0 Å². The van der Waals surface area contributed by atoms with E-state index in [1.54, 1.807) is 7.11 Å². The Kier molecular flexibility index (Phi) is 3.53. The molecule has 1 fully saturated rings. The zero-order valence-corrected chi connectivity index (χ0v) is 8.71. The predicted molar refractivity (Wildman–Crippen MR) is 51.2 cm³/mol. The van der Waals surface area contributed by atoms with E-state index in [9.17, 15) is 0 Å². The molecule has 0 spiro atoms. The quantitative estimate of drug-likeness (QED) is 0.639. The largest absolute Gasteiger partial charge is 0.384 e. The molecular weight excluding hydrogens is 150 g/mol. The minimum Gasteiger partial charge on any atom is -0.384 e. The topological polar surface area (TPSA) is 12.5 Å². The van der Waals surface area contributed by atoms with Crippen molar-refractivity contribution >= 4 is 0 Å². The first-order chi connectivity index (χ1) is 5.66. The Bertz CT molecular complexity index is 134. The van der Waals surface area contributed by atoms with Gasteiger partial charge in [0.1, 0.15) is 0 Å². The van der Waals surface area contributed by atoms with Gasteiger partial charge in [-0.05, 0) is 31.8 Å². The second kappa shape index (κ2) is 4.24. The van der Waals surface area contributed by atoms with Crippen molar-refractivity contribution in [2.45, 2.75) is 26.3 Å². The summed E-state index contributed by atoms with van der Waals surface area (Å²) in [5.74, 6) is 1.50. The number of methoxy groups -OCH3 is 1. The number of ether oxygens (including phenoxy) is 1. The highest BCUT2D eigenvalue weighted by Crippen LogP contribution is 2.28. The first kappa shape index (κ1) is 10.0. The van der Waals surface area contributed by atoms with E-state index >= 15 is 0 Å². The molecule has 0 aromatic rings. The monoisotopic (exact) mass is 171 g/mol. The van der Waals surface area contributed by atoms with Crippen LogP contribution in [0.4, 0.5) is 0 Å². The Morgan fingerprint density at radius 1 is 1.50 bits per heavy atom. The predicted octanol–water partition coefficient (Wildman–Crippen LogP) is 1.61. The molecule has 0 amide bonds. The van der Waals surface area contributed by atoms with Crippen LogP contribution < -0.4 is 0 Å². The first-order valence-corrected chi connectivity index (χ1v) is 4.86. The smallest absolute Gasteiger partial charge is 0.0506 e. The lowest BCUT2D eigenvalue weighted by atomic mass is 9.92. The highest BCUT2D eigenvalue weighted by Gasteiger charge is 2.33. The van der Waals surface area contributed by atoms with Crippen LogP contribution in [0.15, 0.2) is 0 Å². The summed E-state index contributed by atoms with van der Waals surface area (Å²) in [6.07, 6.45) is 1.30. The minimum atomic E-state index is 0.727. The molecule has 2 unspecified atom stereocenters.